The Labute approximate surface area is 141 Å². The van der Waals surface area contributed by atoms with Crippen molar-refractivity contribution in [2.75, 3.05) is 10.7 Å². The molecule has 1 aromatic carbocycles. The third-order valence-corrected chi connectivity index (χ3v) is 3.30. The zero-order valence-electron chi connectivity index (χ0n) is 13.2. The summed E-state index contributed by atoms with van der Waals surface area (Å²) in [5, 5.41) is 14.7. The lowest BCUT2D eigenvalue weighted by atomic mass is 10.2. The van der Waals surface area contributed by atoms with Gasteiger partial charge in [0, 0.05) is 5.69 Å². The van der Waals surface area contributed by atoms with Gasteiger partial charge in [0.05, 0.1) is 12.5 Å². The summed E-state index contributed by atoms with van der Waals surface area (Å²) in [6.07, 6.45) is 3.10. The number of rotatable bonds is 5. The van der Waals surface area contributed by atoms with Gasteiger partial charge in [-0.3, -0.25) is 5.43 Å². The number of hydrazone groups is 1. The van der Waals surface area contributed by atoms with Gasteiger partial charge < -0.3 is 9.73 Å². The smallest absolute Gasteiger partial charge is 0.245 e. The van der Waals surface area contributed by atoms with Crippen molar-refractivity contribution in [3.05, 3.63) is 54.0 Å². The first-order valence-corrected chi connectivity index (χ1v) is 7.44. The predicted octanol–water partition coefficient (Wildman–Crippen LogP) is 3.10. The van der Waals surface area contributed by atoms with Crippen LogP contribution in [0, 0.1) is 6.92 Å². The van der Waals surface area contributed by atoms with Gasteiger partial charge in [0.15, 0.2) is 11.6 Å². The third-order valence-electron chi connectivity index (χ3n) is 3.30. The Hall–Kier alpha value is -3.75. The number of benzene rings is 1. The summed E-state index contributed by atoms with van der Waals surface area (Å²) < 4.78 is 9.86. The monoisotopic (exact) mass is 335 g/mol. The van der Waals surface area contributed by atoms with Crippen molar-refractivity contribution in [2.24, 2.45) is 5.10 Å². The summed E-state index contributed by atoms with van der Waals surface area (Å²) >= 11 is 0. The largest absolute Gasteiger partial charge is 0.463 e. The molecule has 0 bridgehead atoms. The maximum absolute atomic E-state index is 5.19. The molecule has 9 heteroatoms. The van der Waals surface area contributed by atoms with Crippen LogP contribution in [0.4, 0.5) is 17.3 Å². The van der Waals surface area contributed by atoms with E-state index >= 15 is 0 Å². The van der Waals surface area contributed by atoms with Crippen LogP contribution in [-0.2, 0) is 0 Å². The molecule has 3 heterocycles. The number of aryl methyl sites for hydroxylation is 1. The topological polar surface area (TPSA) is 114 Å². The molecular weight excluding hydrogens is 322 g/mol. The van der Waals surface area contributed by atoms with Gasteiger partial charge in [-0.05, 0) is 47.1 Å². The average molecular weight is 335 g/mol. The normalized spacial score (nSPS) is 11.2. The third kappa shape index (κ3) is 3.29. The molecule has 0 aliphatic heterocycles. The first-order valence-electron chi connectivity index (χ1n) is 7.44. The van der Waals surface area contributed by atoms with Crippen LogP contribution in [0.5, 0.6) is 0 Å². The van der Waals surface area contributed by atoms with Crippen molar-refractivity contribution < 1.29 is 9.05 Å². The lowest BCUT2D eigenvalue weighted by molar-refractivity contribution is 0.314. The molecule has 0 radical (unpaired) electrons. The molecule has 0 saturated carbocycles. The van der Waals surface area contributed by atoms with E-state index < -0.39 is 0 Å². The predicted molar refractivity (Wildman–Crippen MR) is 91.8 cm³/mol. The van der Waals surface area contributed by atoms with Gasteiger partial charge >= 0.3 is 0 Å². The number of hydrogen-bond acceptors (Lipinski definition) is 9. The van der Waals surface area contributed by atoms with Crippen LogP contribution >= 0.6 is 0 Å². The van der Waals surface area contributed by atoms with Crippen LogP contribution in [0.3, 0.4) is 0 Å². The number of fused-ring (bicyclic) bond motifs is 1. The van der Waals surface area contributed by atoms with Crippen LogP contribution < -0.4 is 10.7 Å². The number of aromatic nitrogens is 4. The fourth-order valence-electron chi connectivity index (χ4n) is 2.18. The molecule has 0 atom stereocenters. The summed E-state index contributed by atoms with van der Waals surface area (Å²) in [4.78, 5) is 8.70. The highest BCUT2D eigenvalue weighted by molar-refractivity contribution is 5.79. The Morgan fingerprint density at radius 1 is 1.04 bits per heavy atom. The number of nitrogens with zero attached hydrogens (tertiary/aromatic N) is 5. The van der Waals surface area contributed by atoms with Crippen molar-refractivity contribution in [1.82, 2.24) is 20.3 Å². The number of nitrogens with one attached hydrogen (secondary N) is 2. The lowest BCUT2D eigenvalue weighted by Crippen LogP contribution is -2.03. The fraction of sp³-hybridized carbons (Fsp3) is 0.0625. The van der Waals surface area contributed by atoms with Gasteiger partial charge in [0.25, 0.3) is 0 Å². The number of hydrogen-bond donors (Lipinski definition) is 2. The van der Waals surface area contributed by atoms with E-state index in [2.05, 4.69) is 40.8 Å². The van der Waals surface area contributed by atoms with Crippen molar-refractivity contribution in [2.45, 2.75) is 6.92 Å². The summed E-state index contributed by atoms with van der Waals surface area (Å²) in [6, 6.07) is 11.4. The van der Waals surface area contributed by atoms with Crippen molar-refractivity contribution in [3.8, 4) is 0 Å². The standard InChI is InChI=1S/C16H13N7O2/c1-10-4-2-5-11(8-10)18-13-14(20-16-15(19-13)22-25-23-16)21-17-9-12-6-3-7-24-12/h2-9H,1H3,(H,18,19,22)(H,20,21,23)/b17-9+. The Bertz CT molecular complexity index is 1020. The molecule has 124 valence electrons. The SMILES string of the molecule is Cc1cccc(Nc2nc3nonc3nc2N/N=C/c2ccco2)c1. The summed E-state index contributed by atoms with van der Waals surface area (Å²) in [5.74, 6) is 1.44. The highest BCUT2D eigenvalue weighted by atomic mass is 16.6. The van der Waals surface area contributed by atoms with Gasteiger partial charge in [-0.1, -0.05) is 12.1 Å². The Balaban J connectivity index is 1.65. The summed E-state index contributed by atoms with van der Waals surface area (Å²) in [7, 11) is 0. The van der Waals surface area contributed by atoms with Gasteiger partial charge in [-0.15, -0.1) is 0 Å². The lowest BCUT2D eigenvalue weighted by Gasteiger charge is -2.09. The summed E-state index contributed by atoms with van der Waals surface area (Å²) in [5.41, 5.74) is 5.40. The minimum atomic E-state index is 0.283. The first kappa shape index (κ1) is 14.8. The van der Waals surface area contributed by atoms with E-state index in [0.29, 0.717) is 23.0 Å². The molecule has 0 aliphatic rings. The Morgan fingerprint density at radius 3 is 2.64 bits per heavy atom. The maximum atomic E-state index is 5.19. The second kappa shape index (κ2) is 6.40. The molecule has 0 aliphatic carbocycles. The summed E-state index contributed by atoms with van der Waals surface area (Å²) in [6.45, 7) is 2.01. The van der Waals surface area contributed by atoms with Crippen LogP contribution in [0.1, 0.15) is 11.3 Å². The van der Waals surface area contributed by atoms with E-state index in [4.69, 9.17) is 4.42 Å². The first-order chi connectivity index (χ1) is 12.3. The highest BCUT2D eigenvalue weighted by Gasteiger charge is 2.12. The molecular formula is C16H13N7O2. The van der Waals surface area contributed by atoms with E-state index in [0.717, 1.165) is 11.3 Å². The minimum Gasteiger partial charge on any atom is -0.463 e. The van der Waals surface area contributed by atoms with Crippen molar-refractivity contribution in [3.63, 3.8) is 0 Å². The molecule has 0 spiro atoms. The quantitative estimate of drug-likeness (QED) is 0.422. The second-order valence-electron chi connectivity index (χ2n) is 5.21. The number of furan rings is 1. The second-order valence-corrected chi connectivity index (χ2v) is 5.21. The molecule has 0 amide bonds. The van der Waals surface area contributed by atoms with Crippen LogP contribution in [0.2, 0.25) is 0 Å². The highest BCUT2D eigenvalue weighted by Crippen LogP contribution is 2.24. The molecule has 2 N–H and O–H groups in total. The van der Waals surface area contributed by atoms with Crippen LogP contribution in [0.15, 0.2) is 56.8 Å². The van der Waals surface area contributed by atoms with E-state index in [9.17, 15) is 0 Å². The maximum Gasteiger partial charge on any atom is 0.245 e. The van der Waals surface area contributed by atoms with Gasteiger partial charge in [-0.25, -0.2) is 9.61 Å². The van der Waals surface area contributed by atoms with E-state index in [1.165, 1.54) is 6.21 Å². The molecule has 3 aromatic heterocycles. The fourth-order valence-corrected chi connectivity index (χ4v) is 2.18. The molecule has 0 fully saturated rings. The van der Waals surface area contributed by atoms with E-state index in [1.807, 2.05) is 31.2 Å². The molecule has 25 heavy (non-hydrogen) atoms. The van der Waals surface area contributed by atoms with E-state index in [-0.39, 0.29) is 5.65 Å². The molecule has 4 rings (SSSR count). The molecule has 9 nitrogen and oxygen atoms in total. The Kier molecular flexibility index (Phi) is 3.79. The Morgan fingerprint density at radius 2 is 1.88 bits per heavy atom. The molecule has 0 saturated heterocycles. The minimum absolute atomic E-state index is 0.283. The average Bonchev–Trinajstić information content (AvgIpc) is 3.26. The van der Waals surface area contributed by atoms with Crippen molar-refractivity contribution in [1.29, 1.82) is 0 Å². The molecule has 0 unspecified atom stereocenters. The van der Waals surface area contributed by atoms with Crippen molar-refractivity contribution >= 4 is 34.8 Å². The van der Waals surface area contributed by atoms with Gasteiger partial charge in [0.1, 0.15) is 5.76 Å². The number of anilines is 3. The van der Waals surface area contributed by atoms with E-state index in [1.54, 1.807) is 18.4 Å². The van der Waals surface area contributed by atoms with Gasteiger partial charge in [0.2, 0.25) is 11.3 Å². The van der Waals surface area contributed by atoms with Crippen LogP contribution in [0.25, 0.3) is 11.3 Å². The zero-order chi connectivity index (χ0) is 17.1. The van der Waals surface area contributed by atoms with Gasteiger partial charge in [-0.2, -0.15) is 10.1 Å². The molecule has 4 aromatic rings. The zero-order valence-corrected chi connectivity index (χ0v) is 13.2. The van der Waals surface area contributed by atoms with Crippen LogP contribution in [-0.4, -0.2) is 26.5 Å².